The number of carbonyl (C=O) groups is 2. The normalized spacial score (nSPS) is 28.1. The van der Waals surface area contributed by atoms with Crippen molar-refractivity contribution in [1.82, 2.24) is 5.32 Å². The molecule has 2 N–H and O–H groups in total. The summed E-state index contributed by atoms with van der Waals surface area (Å²) >= 11 is 1.55. The molecule has 0 aromatic heterocycles. The topological polar surface area (TPSA) is 75.6 Å². The fourth-order valence-corrected chi connectivity index (χ4v) is 3.70. The molecule has 5 nitrogen and oxygen atoms in total. The Morgan fingerprint density at radius 1 is 1.38 bits per heavy atom. The van der Waals surface area contributed by atoms with Gasteiger partial charge >= 0.3 is 5.97 Å². The third kappa shape index (κ3) is 4.88. The Kier molecular flexibility index (Phi) is 7.00. The molecule has 0 aromatic carbocycles. The number of hydrogen-bond donors (Lipinski definition) is 2. The summed E-state index contributed by atoms with van der Waals surface area (Å²) in [5.74, 6) is 0.327. The van der Waals surface area contributed by atoms with Crippen LogP contribution in [0.5, 0.6) is 0 Å². The standard InChI is InChI=1S/C15H27NO4S/c1-10-12(16-13(17)9-21-8-7-20-4)6-5-11(14(18)19)15(10,2)3/h10-12H,5-9H2,1-4H3,(H,16,17)(H,18,19). The van der Waals surface area contributed by atoms with Crippen molar-refractivity contribution in [3.05, 3.63) is 0 Å². The van der Waals surface area contributed by atoms with Crippen LogP contribution >= 0.6 is 11.8 Å². The smallest absolute Gasteiger partial charge is 0.307 e. The highest BCUT2D eigenvalue weighted by Crippen LogP contribution is 2.45. The van der Waals surface area contributed by atoms with Gasteiger partial charge in [-0.1, -0.05) is 20.8 Å². The summed E-state index contributed by atoms with van der Waals surface area (Å²) in [6.07, 6.45) is 1.35. The van der Waals surface area contributed by atoms with Gasteiger partial charge in [0.05, 0.1) is 18.3 Å². The number of amides is 1. The van der Waals surface area contributed by atoms with Crippen molar-refractivity contribution in [2.75, 3.05) is 25.2 Å². The van der Waals surface area contributed by atoms with Crippen LogP contribution in [0, 0.1) is 17.3 Å². The van der Waals surface area contributed by atoms with E-state index in [-0.39, 0.29) is 29.2 Å². The zero-order chi connectivity index (χ0) is 16.0. The Bertz CT molecular complexity index is 373. The Morgan fingerprint density at radius 2 is 2.05 bits per heavy atom. The van der Waals surface area contributed by atoms with Gasteiger partial charge in [0.25, 0.3) is 0 Å². The molecule has 0 bridgehead atoms. The maximum absolute atomic E-state index is 12.0. The summed E-state index contributed by atoms with van der Waals surface area (Å²) < 4.78 is 4.94. The van der Waals surface area contributed by atoms with Crippen molar-refractivity contribution in [3.8, 4) is 0 Å². The van der Waals surface area contributed by atoms with Gasteiger partial charge in [0.2, 0.25) is 5.91 Å². The first-order chi connectivity index (χ1) is 9.80. The zero-order valence-corrected chi connectivity index (χ0v) is 14.2. The summed E-state index contributed by atoms with van der Waals surface area (Å²) in [4.78, 5) is 23.3. The Balaban J connectivity index is 2.50. The summed E-state index contributed by atoms with van der Waals surface area (Å²) in [5.41, 5.74) is -0.314. The van der Waals surface area contributed by atoms with Gasteiger partial charge in [-0.05, 0) is 24.2 Å². The number of carbonyl (C=O) groups excluding carboxylic acids is 1. The van der Waals surface area contributed by atoms with E-state index in [9.17, 15) is 14.7 Å². The first-order valence-electron chi connectivity index (χ1n) is 7.39. The number of methoxy groups -OCH3 is 1. The van der Waals surface area contributed by atoms with Crippen molar-refractivity contribution >= 4 is 23.6 Å². The van der Waals surface area contributed by atoms with Gasteiger partial charge in [-0.2, -0.15) is 0 Å². The minimum Gasteiger partial charge on any atom is -0.481 e. The van der Waals surface area contributed by atoms with Gasteiger partial charge in [-0.3, -0.25) is 9.59 Å². The largest absolute Gasteiger partial charge is 0.481 e. The van der Waals surface area contributed by atoms with Gasteiger partial charge in [0.15, 0.2) is 0 Å². The molecule has 0 saturated heterocycles. The maximum atomic E-state index is 12.0. The summed E-state index contributed by atoms with van der Waals surface area (Å²) in [7, 11) is 1.64. The monoisotopic (exact) mass is 317 g/mol. The van der Waals surface area contributed by atoms with E-state index in [0.717, 1.165) is 12.2 Å². The van der Waals surface area contributed by atoms with Gasteiger partial charge < -0.3 is 15.2 Å². The molecule has 0 aliphatic heterocycles. The number of carboxylic acid groups (broad SMARTS) is 1. The fraction of sp³-hybridized carbons (Fsp3) is 0.867. The molecule has 1 aliphatic rings. The van der Waals surface area contributed by atoms with Crippen molar-refractivity contribution < 1.29 is 19.4 Å². The Hall–Kier alpha value is -0.750. The van der Waals surface area contributed by atoms with Crippen LogP contribution in [0.2, 0.25) is 0 Å². The van der Waals surface area contributed by atoms with E-state index < -0.39 is 5.97 Å². The number of ether oxygens (including phenoxy) is 1. The first kappa shape index (κ1) is 18.3. The molecule has 122 valence electrons. The highest BCUT2D eigenvalue weighted by Gasteiger charge is 2.46. The predicted molar refractivity (Wildman–Crippen MR) is 84.4 cm³/mol. The number of thioether (sulfide) groups is 1. The van der Waals surface area contributed by atoms with Crippen molar-refractivity contribution in [2.45, 2.75) is 39.7 Å². The molecule has 0 aromatic rings. The first-order valence-corrected chi connectivity index (χ1v) is 8.55. The van der Waals surface area contributed by atoms with Crippen LogP contribution in [-0.2, 0) is 14.3 Å². The highest BCUT2D eigenvalue weighted by atomic mass is 32.2. The SMILES string of the molecule is COCCSCC(=O)NC1CCC(C(=O)O)C(C)(C)C1C. The number of carboxylic acids is 1. The minimum absolute atomic E-state index is 0.0255. The molecule has 0 spiro atoms. The van der Waals surface area contributed by atoms with Gasteiger partial charge in [-0.25, -0.2) is 0 Å². The third-order valence-corrected chi connectivity index (χ3v) is 5.67. The van der Waals surface area contributed by atoms with Crippen molar-refractivity contribution in [2.24, 2.45) is 17.3 Å². The van der Waals surface area contributed by atoms with Gasteiger partial charge in [-0.15, -0.1) is 11.8 Å². The lowest BCUT2D eigenvalue weighted by molar-refractivity contribution is -0.150. The van der Waals surface area contributed by atoms with E-state index in [0.29, 0.717) is 18.8 Å². The molecule has 1 rings (SSSR count). The number of nitrogens with one attached hydrogen (secondary N) is 1. The quantitative estimate of drug-likeness (QED) is 0.703. The number of rotatable bonds is 7. The van der Waals surface area contributed by atoms with E-state index in [4.69, 9.17) is 4.74 Å². The van der Waals surface area contributed by atoms with Crippen LogP contribution in [0.4, 0.5) is 0 Å². The molecular formula is C15H27NO4S. The lowest BCUT2D eigenvalue weighted by Gasteiger charge is -2.46. The van der Waals surface area contributed by atoms with Crippen LogP contribution in [0.25, 0.3) is 0 Å². The minimum atomic E-state index is -0.730. The Morgan fingerprint density at radius 3 is 2.62 bits per heavy atom. The van der Waals surface area contributed by atoms with Crippen LogP contribution < -0.4 is 5.32 Å². The highest BCUT2D eigenvalue weighted by molar-refractivity contribution is 7.99. The van der Waals surface area contributed by atoms with Crippen molar-refractivity contribution in [1.29, 1.82) is 0 Å². The summed E-state index contributed by atoms with van der Waals surface area (Å²) in [6.45, 7) is 6.66. The average molecular weight is 317 g/mol. The van der Waals surface area contributed by atoms with E-state index in [1.807, 2.05) is 20.8 Å². The maximum Gasteiger partial charge on any atom is 0.307 e. The summed E-state index contributed by atoms with van der Waals surface area (Å²) in [6, 6.07) is 0.0612. The molecule has 0 heterocycles. The predicted octanol–water partition coefficient (Wildman–Crippen LogP) is 2.01. The van der Waals surface area contributed by atoms with E-state index in [1.165, 1.54) is 0 Å². The molecular weight excluding hydrogens is 290 g/mol. The number of hydrogen-bond acceptors (Lipinski definition) is 4. The fourth-order valence-electron chi connectivity index (χ4n) is 3.00. The van der Waals surface area contributed by atoms with E-state index in [1.54, 1.807) is 18.9 Å². The average Bonchev–Trinajstić information content (AvgIpc) is 2.40. The van der Waals surface area contributed by atoms with Crippen LogP contribution in [-0.4, -0.2) is 48.2 Å². The molecule has 1 amide bonds. The molecule has 1 saturated carbocycles. The molecule has 21 heavy (non-hydrogen) atoms. The molecule has 3 atom stereocenters. The lowest BCUT2D eigenvalue weighted by atomic mass is 9.61. The second kappa shape index (κ2) is 8.03. The lowest BCUT2D eigenvalue weighted by Crippen LogP contribution is -2.52. The molecule has 0 radical (unpaired) electrons. The van der Waals surface area contributed by atoms with E-state index >= 15 is 0 Å². The number of aliphatic carboxylic acids is 1. The zero-order valence-electron chi connectivity index (χ0n) is 13.3. The van der Waals surface area contributed by atoms with Gasteiger partial charge in [0.1, 0.15) is 0 Å². The van der Waals surface area contributed by atoms with Gasteiger partial charge in [0, 0.05) is 18.9 Å². The van der Waals surface area contributed by atoms with Crippen LogP contribution in [0.15, 0.2) is 0 Å². The van der Waals surface area contributed by atoms with Crippen molar-refractivity contribution in [3.63, 3.8) is 0 Å². The van der Waals surface area contributed by atoms with E-state index in [2.05, 4.69) is 5.32 Å². The second-order valence-corrected chi connectivity index (χ2v) is 7.40. The van der Waals surface area contributed by atoms with Crippen LogP contribution in [0.1, 0.15) is 33.6 Å². The molecule has 1 aliphatic carbocycles. The Labute approximate surface area is 131 Å². The second-order valence-electron chi connectivity index (χ2n) is 6.30. The molecule has 3 unspecified atom stereocenters. The summed E-state index contributed by atoms with van der Waals surface area (Å²) in [5, 5.41) is 12.4. The molecule has 1 fully saturated rings. The van der Waals surface area contributed by atoms with Crippen LogP contribution in [0.3, 0.4) is 0 Å². The molecule has 6 heteroatoms. The third-order valence-electron chi connectivity index (χ3n) is 4.75.